The summed E-state index contributed by atoms with van der Waals surface area (Å²) >= 11 is 2.03. The third-order valence-electron chi connectivity index (χ3n) is 2.91. The van der Waals surface area contributed by atoms with Gasteiger partial charge in [0, 0.05) is 4.75 Å². The van der Waals surface area contributed by atoms with E-state index in [2.05, 4.69) is 6.26 Å². The van der Waals surface area contributed by atoms with Crippen molar-refractivity contribution < 1.29 is 5.11 Å². The van der Waals surface area contributed by atoms with Gasteiger partial charge in [0.05, 0.1) is 5.60 Å². The topological polar surface area (TPSA) is 20.2 Å². The lowest BCUT2D eigenvalue weighted by Crippen LogP contribution is -2.18. The fraction of sp³-hybridized carbons (Fsp3) is 1.00. The van der Waals surface area contributed by atoms with Crippen molar-refractivity contribution in [1.29, 1.82) is 0 Å². The molecule has 2 heteroatoms. The van der Waals surface area contributed by atoms with Crippen molar-refractivity contribution in [2.24, 2.45) is 0 Å². The van der Waals surface area contributed by atoms with Crippen LogP contribution in [0.25, 0.3) is 0 Å². The van der Waals surface area contributed by atoms with Crippen molar-refractivity contribution in [2.75, 3.05) is 6.26 Å². The Labute approximate surface area is 86.3 Å². The van der Waals surface area contributed by atoms with Crippen molar-refractivity contribution in [3.63, 3.8) is 0 Å². The van der Waals surface area contributed by atoms with Crippen LogP contribution in [0.1, 0.15) is 52.4 Å². The lowest BCUT2D eigenvalue weighted by atomic mass is 10.00. The van der Waals surface area contributed by atoms with E-state index >= 15 is 0 Å². The van der Waals surface area contributed by atoms with Gasteiger partial charge in [0.15, 0.2) is 0 Å². The molecule has 0 spiro atoms. The van der Waals surface area contributed by atoms with Gasteiger partial charge in [-0.15, -0.1) is 0 Å². The summed E-state index contributed by atoms with van der Waals surface area (Å²) in [5.74, 6) is 0. The Morgan fingerprint density at radius 3 is 2.31 bits per heavy atom. The molecule has 0 heterocycles. The summed E-state index contributed by atoms with van der Waals surface area (Å²) in [5.41, 5.74) is -0.462. The zero-order valence-corrected chi connectivity index (χ0v) is 9.91. The first-order chi connectivity index (χ1) is 5.97. The van der Waals surface area contributed by atoms with Crippen molar-refractivity contribution in [1.82, 2.24) is 0 Å². The van der Waals surface area contributed by atoms with E-state index in [0.29, 0.717) is 4.75 Å². The van der Waals surface area contributed by atoms with E-state index in [1.807, 2.05) is 25.6 Å². The zero-order valence-electron chi connectivity index (χ0n) is 9.10. The minimum atomic E-state index is -0.462. The SMILES string of the molecule is CSC1(CCCCC(C)(C)O)CC1. The van der Waals surface area contributed by atoms with Gasteiger partial charge in [-0.05, 0) is 45.8 Å². The minimum Gasteiger partial charge on any atom is -0.390 e. The number of thioether (sulfide) groups is 1. The third-order valence-corrected chi connectivity index (χ3v) is 4.39. The molecule has 0 unspecified atom stereocenters. The molecule has 0 aromatic carbocycles. The largest absolute Gasteiger partial charge is 0.390 e. The Bertz CT molecular complexity index is 156. The zero-order chi connectivity index (χ0) is 9.95. The first-order valence-electron chi connectivity index (χ1n) is 5.25. The molecule has 1 aliphatic rings. The maximum atomic E-state index is 9.51. The number of hydrogen-bond donors (Lipinski definition) is 1. The van der Waals surface area contributed by atoms with E-state index in [-0.39, 0.29) is 0 Å². The summed E-state index contributed by atoms with van der Waals surface area (Å²) in [6.07, 6.45) is 9.80. The molecular formula is C11H22OS. The van der Waals surface area contributed by atoms with Gasteiger partial charge >= 0.3 is 0 Å². The summed E-state index contributed by atoms with van der Waals surface area (Å²) in [4.78, 5) is 0. The molecule has 78 valence electrons. The van der Waals surface area contributed by atoms with Crippen LogP contribution in [0.4, 0.5) is 0 Å². The second kappa shape index (κ2) is 4.22. The van der Waals surface area contributed by atoms with Crippen LogP contribution in [-0.4, -0.2) is 21.7 Å². The summed E-state index contributed by atoms with van der Waals surface area (Å²) in [6.45, 7) is 3.79. The highest BCUT2D eigenvalue weighted by Crippen LogP contribution is 2.50. The molecule has 1 nitrogen and oxygen atoms in total. The lowest BCUT2D eigenvalue weighted by molar-refractivity contribution is 0.0680. The molecule has 0 aromatic rings. The molecule has 0 amide bonds. The minimum absolute atomic E-state index is 0.462. The summed E-state index contributed by atoms with van der Waals surface area (Å²) < 4.78 is 0.652. The van der Waals surface area contributed by atoms with E-state index in [9.17, 15) is 5.11 Å². The van der Waals surface area contributed by atoms with E-state index in [0.717, 1.165) is 6.42 Å². The van der Waals surface area contributed by atoms with Gasteiger partial charge in [-0.2, -0.15) is 11.8 Å². The van der Waals surface area contributed by atoms with E-state index in [1.54, 1.807) is 0 Å². The van der Waals surface area contributed by atoms with Crippen LogP contribution in [-0.2, 0) is 0 Å². The smallest absolute Gasteiger partial charge is 0.0591 e. The van der Waals surface area contributed by atoms with Crippen LogP contribution in [0.3, 0.4) is 0 Å². The summed E-state index contributed by atoms with van der Waals surface area (Å²) in [6, 6.07) is 0. The van der Waals surface area contributed by atoms with Gasteiger partial charge in [-0.3, -0.25) is 0 Å². The monoisotopic (exact) mass is 202 g/mol. The molecule has 0 saturated heterocycles. The van der Waals surface area contributed by atoms with Crippen LogP contribution >= 0.6 is 11.8 Å². The van der Waals surface area contributed by atoms with Gasteiger partial charge in [-0.1, -0.05) is 12.8 Å². The highest BCUT2D eigenvalue weighted by molar-refractivity contribution is 8.00. The second-order valence-corrected chi connectivity index (χ2v) is 6.18. The van der Waals surface area contributed by atoms with Crippen molar-refractivity contribution in [3.8, 4) is 0 Å². The normalized spacial score (nSPS) is 20.3. The van der Waals surface area contributed by atoms with Gasteiger partial charge in [0.1, 0.15) is 0 Å². The predicted octanol–water partition coefficient (Wildman–Crippen LogP) is 3.21. The van der Waals surface area contributed by atoms with Gasteiger partial charge < -0.3 is 5.11 Å². The number of unbranched alkanes of at least 4 members (excludes halogenated alkanes) is 1. The Kier molecular flexibility index (Phi) is 3.70. The van der Waals surface area contributed by atoms with Gasteiger partial charge in [0.2, 0.25) is 0 Å². The molecule has 0 bridgehead atoms. The maximum absolute atomic E-state index is 9.51. The Hall–Kier alpha value is 0.310. The van der Waals surface area contributed by atoms with Crippen LogP contribution in [0, 0.1) is 0 Å². The van der Waals surface area contributed by atoms with E-state index in [1.165, 1.54) is 32.1 Å². The number of rotatable bonds is 6. The second-order valence-electron chi connectivity index (χ2n) is 4.91. The third kappa shape index (κ3) is 4.37. The Morgan fingerprint density at radius 1 is 1.31 bits per heavy atom. The van der Waals surface area contributed by atoms with Crippen LogP contribution in [0.15, 0.2) is 0 Å². The fourth-order valence-corrected chi connectivity index (χ4v) is 2.56. The van der Waals surface area contributed by atoms with Crippen LogP contribution in [0.5, 0.6) is 0 Å². The highest BCUT2D eigenvalue weighted by Gasteiger charge is 2.40. The van der Waals surface area contributed by atoms with Crippen LogP contribution in [0.2, 0.25) is 0 Å². The molecule has 1 fully saturated rings. The highest BCUT2D eigenvalue weighted by atomic mass is 32.2. The Balaban J connectivity index is 2.02. The predicted molar refractivity (Wildman–Crippen MR) is 60.2 cm³/mol. The molecule has 13 heavy (non-hydrogen) atoms. The van der Waals surface area contributed by atoms with Crippen molar-refractivity contribution in [2.45, 2.75) is 62.7 Å². The van der Waals surface area contributed by atoms with Gasteiger partial charge in [0.25, 0.3) is 0 Å². The average molecular weight is 202 g/mol. The summed E-state index contributed by atoms with van der Waals surface area (Å²) in [5, 5.41) is 9.51. The van der Waals surface area contributed by atoms with E-state index < -0.39 is 5.60 Å². The standard InChI is InChI=1S/C11H22OS/c1-10(2,12)6-4-5-7-11(13-3)8-9-11/h12H,4-9H2,1-3H3. The molecule has 0 atom stereocenters. The molecule has 1 rings (SSSR count). The molecule has 0 aromatic heterocycles. The van der Waals surface area contributed by atoms with Crippen molar-refractivity contribution in [3.05, 3.63) is 0 Å². The van der Waals surface area contributed by atoms with Crippen LogP contribution < -0.4 is 0 Å². The fourth-order valence-electron chi connectivity index (χ4n) is 1.70. The maximum Gasteiger partial charge on any atom is 0.0591 e. The quantitative estimate of drug-likeness (QED) is 0.667. The first kappa shape index (κ1) is 11.4. The number of aliphatic hydroxyl groups is 1. The molecule has 0 radical (unpaired) electrons. The molecule has 1 aliphatic carbocycles. The summed E-state index contributed by atoms with van der Waals surface area (Å²) in [7, 11) is 0. The molecule has 1 saturated carbocycles. The molecule has 1 N–H and O–H groups in total. The van der Waals surface area contributed by atoms with Gasteiger partial charge in [-0.25, -0.2) is 0 Å². The van der Waals surface area contributed by atoms with E-state index in [4.69, 9.17) is 0 Å². The van der Waals surface area contributed by atoms with Crippen molar-refractivity contribution >= 4 is 11.8 Å². The lowest BCUT2D eigenvalue weighted by Gasteiger charge is -2.17. The molecule has 0 aliphatic heterocycles. The molecular weight excluding hydrogens is 180 g/mol. The average Bonchev–Trinajstić information content (AvgIpc) is 2.78. The number of hydrogen-bond acceptors (Lipinski definition) is 2. The Morgan fingerprint density at radius 2 is 1.92 bits per heavy atom. The first-order valence-corrected chi connectivity index (χ1v) is 6.47.